The summed E-state index contributed by atoms with van der Waals surface area (Å²) in [6, 6.07) is 0. The van der Waals surface area contributed by atoms with Crippen LogP contribution >= 0.6 is 0 Å². The Labute approximate surface area is 96.3 Å². The zero-order valence-corrected chi connectivity index (χ0v) is 10.4. The lowest BCUT2D eigenvalue weighted by atomic mass is 10.0. The third-order valence-electron chi connectivity index (χ3n) is 2.71. The molecule has 1 saturated carbocycles. The number of ether oxygens (including phenoxy) is 2. The number of esters is 2. The van der Waals surface area contributed by atoms with E-state index in [9.17, 15) is 9.59 Å². The van der Waals surface area contributed by atoms with Crippen molar-refractivity contribution in [1.82, 2.24) is 0 Å². The highest BCUT2D eigenvalue weighted by molar-refractivity contribution is 5.77. The lowest BCUT2D eigenvalue weighted by molar-refractivity contribution is -0.159. The van der Waals surface area contributed by atoms with Crippen LogP contribution in [0.25, 0.3) is 0 Å². The van der Waals surface area contributed by atoms with Gasteiger partial charge in [0.1, 0.15) is 5.60 Å². The predicted molar refractivity (Wildman–Crippen MR) is 58.7 cm³/mol. The van der Waals surface area contributed by atoms with Gasteiger partial charge < -0.3 is 9.47 Å². The van der Waals surface area contributed by atoms with E-state index >= 15 is 0 Å². The molecule has 0 aromatic heterocycles. The van der Waals surface area contributed by atoms with Gasteiger partial charge in [-0.15, -0.1) is 0 Å². The quantitative estimate of drug-likeness (QED) is 0.677. The van der Waals surface area contributed by atoms with Crippen molar-refractivity contribution in [1.29, 1.82) is 0 Å². The SMILES string of the molecule is COC(=O)[C@H]1CC[C@H](C(=O)OC(C)(C)C)C1. The fourth-order valence-electron chi connectivity index (χ4n) is 1.96. The topological polar surface area (TPSA) is 52.6 Å². The fourth-order valence-corrected chi connectivity index (χ4v) is 1.96. The van der Waals surface area contributed by atoms with Crippen molar-refractivity contribution in [3.8, 4) is 0 Å². The first-order chi connectivity index (χ1) is 7.33. The lowest BCUT2D eigenvalue weighted by Gasteiger charge is -2.21. The molecule has 2 atom stereocenters. The molecule has 92 valence electrons. The minimum Gasteiger partial charge on any atom is -0.469 e. The third kappa shape index (κ3) is 3.51. The van der Waals surface area contributed by atoms with Crippen molar-refractivity contribution < 1.29 is 19.1 Å². The van der Waals surface area contributed by atoms with Crippen molar-refractivity contribution in [3.05, 3.63) is 0 Å². The number of carbonyl (C=O) groups excluding carboxylic acids is 2. The molecule has 1 fully saturated rings. The van der Waals surface area contributed by atoms with Gasteiger partial charge in [-0.05, 0) is 40.0 Å². The molecule has 0 aromatic rings. The van der Waals surface area contributed by atoms with E-state index in [4.69, 9.17) is 4.74 Å². The van der Waals surface area contributed by atoms with Gasteiger partial charge in [0.2, 0.25) is 0 Å². The largest absolute Gasteiger partial charge is 0.469 e. The molecule has 16 heavy (non-hydrogen) atoms. The Morgan fingerprint density at radius 2 is 1.56 bits per heavy atom. The predicted octanol–water partition coefficient (Wildman–Crippen LogP) is 1.92. The van der Waals surface area contributed by atoms with Crippen LogP contribution in [0, 0.1) is 11.8 Å². The van der Waals surface area contributed by atoms with Crippen molar-refractivity contribution in [2.45, 2.75) is 45.6 Å². The van der Waals surface area contributed by atoms with Crippen LogP contribution in [0.2, 0.25) is 0 Å². The summed E-state index contributed by atoms with van der Waals surface area (Å²) in [7, 11) is 1.38. The van der Waals surface area contributed by atoms with E-state index in [1.54, 1.807) is 0 Å². The van der Waals surface area contributed by atoms with Crippen molar-refractivity contribution in [2.24, 2.45) is 11.8 Å². The monoisotopic (exact) mass is 228 g/mol. The van der Waals surface area contributed by atoms with Crippen LogP contribution in [-0.2, 0) is 19.1 Å². The standard InChI is InChI=1S/C12H20O4/c1-12(2,3)16-11(14)9-6-5-8(7-9)10(13)15-4/h8-9H,5-7H2,1-4H3/t8-,9-/m0/s1. The molecule has 0 heterocycles. The Morgan fingerprint density at radius 3 is 2.00 bits per heavy atom. The second-order valence-electron chi connectivity index (χ2n) is 5.26. The normalized spacial score (nSPS) is 25.2. The molecular weight excluding hydrogens is 208 g/mol. The molecule has 1 rings (SSSR count). The maximum Gasteiger partial charge on any atom is 0.309 e. The van der Waals surface area contributed by atoms with Gasteiger partial charge in [0.15, 0.2) is 0 Å². The first-order valence-corrected chi connectivity index (χ1v) is 5.64. The summed E-state index contributed by atoms with van der Waals surface area (Å²) in [4.78, 5) is 23.0. The smallest absolute Gasteiger partial charge is 0.309 e. The van der Waals surface area contributed by atoms with Gasteiger partial charge in [-0.1, -0.05) is 0 Å². The molecule has 0 saturated heterocycles. The van der Waals surface area contributed by atoms with Crippen LogP contribution in [-0.4, -0.2) is 24.6 Å². The Morgan fingerprint density at radius 1 is 1.06 bits per heavy atom. The Hall–Kier alpha value is -1.06. The minimum atomic E-state index is -0.458. The molecule has 4 heteroatoms. The van der Waals surface area contributed by atoms with E-state index in [1.165, 1.54) is 7.11 Å². The first-order valence-electron chi connectivity index (χ1n) is 5.64. The molecule has 0 radical (unpaired) electrons. The zero-order chi connectivity index (χ0) is 12.3. The van der Waals surface area contributed by atoms with E-state index in [1.807, 2.05) is 20.8 Å². The molecular formula is C12H20O4. The molecule has 1 aliphatic rings. The van der Waals surface area contributed by atoms with Crippen LogP contribution in [0.5, 0.6) is 0 Å². The number of rotatable bonds is 2. The highest BCUT2D eigenvalue weighted by atomic mass is 16.6. The average molecular weight is 228 g/mol. The summed E-state index contributed by atoms with van der Waals surface area (Å²) in [6.07, 6.45) is 1.99. The molecule has 0 amide bonds. The lowest BCUT2D eigenvalue weighted by Crippen LogP contribution is -2.28. The Balaban J connectivity index is 2.47. The Bertz CT molecular complexity index is 277. The van der Waals surface area contributed by atoms with Gasteiger partial charge in [0.25, 0.3) is 0 Å². The van der Waals surface area contributed by atoms with Crippen LogP contribution in [0.3, 0.4) is 0 Å². The molecule has 0 aromatic carbocycles. The van der Waals surface area contributed by atoms with E-state index < -0.39 is 5.60 Å². The Kier molecular flexibility index (Phi) is 3.94. The van der Waals surface area contributed by atoms with Crippen LogP contribution in [0.15, 0.2) is 0 Å². The fraction of sp³-hybridized carbons (Fsp3) is 0.833. The maximum atomic E-state index is 11.7. The molecule has 0 unspecified atom stereocenters. The van der Waals surface area contributed by atoms with E-state index in [0.717, 1.165) is 6.42 Å². The molecule has 0 spiro atoms. The molecule has 4 nitrogen and oxygen atoms in total. The summed E-state index contributed by atoms with van der Waals surface area (Å²) in [5.74, 6) is -0.698. The third-order valence-corrected chi connectivity index (χ3v) is 2.71. The van der Waals surface area contributed by atoms with Crippen LogP contribution in [0.4, 0.5) is 0 Å². The number of hydrogen-bond donors (Lipinski definition) is 0. The first kappa shape index (κ1) is 13.0. The van der Waals surface area contributed by atoms with E-state index in [0.29, 0.717) is 12.8 Å². The second kappa shape index (κ2) is 4.85. The summed E-state index contributed by atoms with van der Waals surface area (Å²) in [5.41, 5.74) is -0.458. The van der Waals surface area contributed by atoms with Crippen molar-refractivity contribution >= 4 is 11.9 Å². The number of carbonyl (C=O) groups is 2. The summed E-state index contributed by atoms with van der Waals surface area (Å²) < 4.78 is 9.96. The zero-order valence-electron chi connectivity index (χ0n) is 10.4. The second-order valence-corrected chi connectivity index (χ2v) is 5.26. The van der Waals surface area contributed by atoms with Gasteiger partial charge in [-0.25, -0.2) is 0 Å². The molecule has 1 aliphatic carbocycles. The van der Waals surface area contributed by atoms with Crippen molar-refractivity contribution in [2.75, 3.05) is 7.11 Å². The summed E-state index contributed by atoms with van der Waals surface area (Å²) in [5, 5.41) is 0. The molecule has 0 N–H and O–H groups in total. The van der Waals surface area contributed by atoms with Gasteiger partial charge in [-0.3, -0.25) is 9.59 Å². The summed E-state index contributed by atoms with van der Waals surface area (Å²) >= 11 is 0. The van der Waals surface area contributed by atoms with Gasteiger partial charge in [0.05, 0.1) is 18.9 Å². The number of methoxy groups -OCH3 is 1. The maximum absolute atomic E-state index is 11.7. The van der Waals surface area contributed by atoms with Gasteiger partial charge >= 0.3 is 11.9 Å². The van der Waals surface area contributed by atoms with Gasteiger partial charge in [0, 0.05) is 0 Å². The highest BCUT2D eigenvalue weighted by Gasteiger charge is 2.36. The van der Waals surface area contributed by atoms with Crippen LogP contribution < -0.4 is 0 Å². The molecule has 0 bridgehead atoms. The average Bonchev–Trinajstić information content (AvgIpc) is 2.62. The number of hydrogen-bond acceptors (Lipinski definition) is 4. The van der Waals surface area contributed by atoms with Crippen LogP contribution in [0.1, 0.15) is 40.0 Å². The van der Waals surface area contributed by atoms with E-state index in [2.05, 4.69) is 4.74 Å². The minimum absolute atomic E-state index is 0.137. The van der Waals surface area contributed by atoms with Crippen molar-refractivity contribution in [3.63, 3.8) is 0 Å². The highest BCUT2D eigenvalue weighted by Crippen LogP contribution is 2.33. The van der Waals surface area contributed by atoms with Gasteiger partial charge in [-0.2, -0.15) is 0 Å². The van der Waals surface area contributed by atoms with E-state index in [-0.39, 0.29) is 23.8 Å². The molecule has 0 aliphatic heterocycles. The summed E-state index contributed by atoms with van der Waals surface area (Å²) in [6.45, 7) is 5.53.